The number of carbonyl (C=O) groups is 3. The molecule has 4 rings (SSSR count). The minimum Gasteiger partial charge on any atom is -0.444 e. The molecule has 2 aromatic rings. The van der Waals surface area contributed by atoms with Crippen molar-refractivity contribution >= 4 is 69.4 Å². The van der Waals surface area contributed by atoms with E-state index in [0.29, 0.717) is 21.3 Å². The van der Waals surface area contributed by atoms with E-state index in [1.807, 2.05) is 12.1 Å². The molecule has 3 unspecified atom stereocenters. The third-order valence-electron chi connectivity index (χ3n) is 6.04. The first-order chi connectivity index (χ1) is 17.4. The van der Waals surface area contributed by atoms with Crippen LogP contribution in [-0.2, 0) is 25.6 Å². The first-order valence-electron chi connectivity index (χ1n) is 11.8. The van der Waals surface area contributed by atoms with E-state index in [4.69, 9.17) is 32.7 Å². The molecule has 8 nitrogen and oxygen atoms in total. The maximum absolute atomic E-state index is 13.6. The topological polar surface area (TPSA) is 88.2 Å². The second-order valence-corrected chi connectivity index (χ2v) is 12.2. The molecule has 3 atom stereocenters. The monoisotopic (exact) mass is 659 g/mol. The number of nitrogens with one attached hydrogen (secondary N) is 1. The highest BCUT2D eigenvalue weighted by Gasteiger charge is 2.49. The van der Waals surface area contributed by atoms with E-state index in [-0.39, 0.29) is 37.9 Å². The van der Waals surface area contributed by atoms with Gasteiger partial charge in [-0.25, -0.2) is 4.79 Å². The summed E-state index contributed by atoms with van der Waals surface area (Å²) in [4.78, 5) is 42.4. The van der Waals surface area contributed by atoms with Crippen molar-refractivity contribution in [2.75, 3.05) is 18.4 Å². The summed E-state index contributed by atoms with van der Waals surface area (Å²) in [5.74, 6) is -0.680. The van der Waals surface area contributed by atoms with Crippen LogP contribution in [0.2, 0.25) is 10.0 Å². The quantitative estimate of drug-likeness (QED) is 0.438. The zero-order chi connectivity index (χ0) is 26.9. The Kier molecular flexibility index (Phi) is 8.57. The zero-order valence-electron chi connectivity index (χ0n) is 20.7. The molecule has 0 radical (unpaired) electrons. The summed E-state index contributed by atoms with van der Waals surface area (Å²) in [6.45, 7) is 6.07. The Hall–Kier alpha value is -2.08. The van der Waals surface area contributed by atoms with Crippen LogP contribution in [0.5, 0.6) is 0 Å². The van der Waals surface area contributed by atoms with Gasteiger partial charge in [0.05, 0.1) is 25.1 Å². The molecule has 2 aromatic carbocycles. The Bertz CT molecular complexity index is 1190. The van der Waals surface area contributed by atoms with Gasteiger partial charge in [-0.2, -0.15) is 0 Å². The Morgan fingerprint density at radius 3 is 2.49 bits per heavy atom. The summed E-state index contributed by atoms with van der Waals surface area (Å²) in [5.41, 5.74) is 0.681. The lowest BCUT2D eigenvalue weighted by molar-refractivity contribution is -0.169. The van der Waals surface area contributed by atoms with E-state index in [2.05, 4.69) is 27.9 Å². The van der Waals surface area contributed by atoms with Gasteiger partial charge in [0.15, 0.2) is 0 Å². The summed E-state index contributed by atoms with van der Waals surface area (Å²) >= 11 is 14.6. The van der Waals surface area contributed by atoms with E-state index in [1.165, 1.54) is 0 Å². The molecule has 2 heterocycles. The average Bonchev–Trinajstić information content (AvgIpc) is 3.22. The fraction of sp³-hybridized carbons (Fsp3) is 0.423. The lowest BCUT2D eigenvalue weighted by atomic mass is 10.0. The molecular weight excluding hydrogens is 632 g/mol. The fourth-order valence-corrected chi connectivity index (χ4v) is 5.19. The first-order valence-corrected chi connectivity index (χ1v) is 13.7. The van der Waals surface area contributed by atoms with Gasteiger partial charge >= 0.3 is 6.09 Å². The maximum atomic E-state index is 13.6. The van der Waals surface area contributed by atoms with Crippen molar-refractivity contribution in [2.24, 2.45) is 0 Å². The molecule has 0 aliphatic carbocycles. The molecule has 3 amide bonds. The SMILES string of the molecule is CC(C)(C)OC(=O)N1CC2OC(CC(=O)Nc3ccc(I)cc3)C(=O)N(Cc3ccc(Cl)cc3Cl)C2C1. The molecule has 1 N–H and O–H groups in total. The highest BCUT2D eigenvalue weighted by Crippen LogP contribution is 2.32. The predicted octanol–water partition coefficient (Wildman–Crippen LogP) is 5.34. The van der Waals surface area contributed by atoms with E-state index in [1.54, 1.807) is 60.9 Å². The van der Waals surface area contributed by atoms with Crippen LogP contribution in [0.4, 0.5) is 10.5 Å². The summed E-state index contributed by atoms with van der Waals surface area (Å²) < 4.78 is 12.7. The van der Waals surface area contributed by atoms with Crippen LogP contribution in [-0.4, -0.2) is 64.6 Å². The number of nitrogens with zero attached hydrogens (tertiary/aromatic N) is 2. The smallest absolute Gasteiger partial charge is 0.410 e. The van der Waals surface area contributed by atoms with Gasteiger partial charge in [0.2, 0.25) is 5.91 Å². The van der Waals surface area contributed by atoms with Crippen molar-refractivity contribution in [3.8, 4) is 0 Å². The number of carbonyl (C=O) groups excluding carboxylic acids is 3. The lowest BCUT2D eigenvalue weighted by Crippen LogP contribution is -2.58. The number of fused-ring (bicyclic) bond motifs is 1. The Morgan fingerprint density at radius 1 is 1.14 bits per heavy atom. The molecular formula is C26H28Cl2IN3O5. The summed E-state index contributed by atoms with van der Waals surface area (Å²) in [5, 5.41) is 3.73. The minimum atomic E-state index is -1.00. The number of anilines is 1. The molecule has 11 heteroatoms. The number of ether oxygens (including phenoxy) is 2. The summed E-state index contributed by atoms with van der Waals surface area (Å²) in [6.07, 6.45) is -2.12. The minimum absolute atomic E-state index is 0.161. The molecule has 2 saturated heterocycles. The fourth-order valence-electron chi connectivity index (χ4n) is 4.36. The predicted molar refractivity (Wildman–Crippen MR) is 150 cm³/mol. The van der Waals surface area contributed by atoms with E-state index >= 15 is 0 Å². The van der Waals surface area contributed by atoms with Gasteiger partial charge in [-0.05, 0) is 85.3 Å². The lowest BCUT2D eigenvalue weighted by Gasteiger charge is -2.40. The highest BCUT2D eigenvalue weighted by atomic mass is 127. The number of halogens is 3. The molecule has 0 spiro atoms. The first kappa shape index (κ1) is 27.9. The molecule has 2 aliphatic heterocycles. The van der Waals surface area contributed by atoms with E-state index < -0.39 is 29.9 Å². The third-order valence-corrected chi connectivity index (χ3v) is 7.35. The van der Waals surface area contributed by atoms with Crippen LogP contribution in [0.1, 0.15) is 32.8 Å². The van der Waals surface area contributed by atoms with Crippen LogP contribution in [0.15, 0.2) is 42.5 Å². The van der Waals surface area contributed by atoms with Gasteiger partial charge in [0, 0.05) is 32.4 Å². The molecule has 2 aliphatic rings. The molecule has 37 heavy (non-hydrogen) atoms. The standard InChI is InChI=1S/C26H28Cl2IN3O5/c1-26(2,3)37-25(35)31-13-20-22(14-31)36-21(11-23(33)30-18-8-6-17(29)7-9-18)24(34)32(20)12-15-4-5-16(27)10-19(15)28/h4-10,20-22H,11-14H2,1-3H3,(H,30,33). The summed E-state index contributed by atoms with van der Waals surface area (Å²) in [7, 11) is 0. The largest absolute Gasteiger partial charge is 0.444 e. The van der Waals surface area contributed by atoms with Crippen molar-refractivity contribution < 1.29 is 23.9 Å². The van der Waals surface area contributed by atoms with Gasteiger partial charge in [-0.15, -0.1) is 0 Å². The second kappa shape index (κ2) is 11.3. The molecule has 0 aromatic heterocycles. The van der Waals surface area contributed by atoms with Gasteiger partial charge in [0.25, 0.3) is 5.91 Å². The van der Waals surface area contributed by atoms with E-state index in [0.717, 1.165) is 3.57 Å². The molecule has 2 fully saturated rings. The van der Waals surface area contributed by atoms with Crippen LogP contribution < -0.4 is 5.32 Å². The van der Waals surface area contributed by atoms with Crippen molar-refractivity contribution in [3.63, 3.8) is 0 Å². The molecule has 0 bridgehead atoms. The van der Waals surface area contributed by atoms with Crippen LogP contribution in [0.25, 0.3) is 0 Å². The van der Waals surface area contributed by atoms with Crippen molar-refractivity contribution in [1.82, 2.24) is 9.80 Å². The Labute approximate surface area is 239 Å². The Balaban J connectivity index is 1.54. The van der Waals surface area contributed by atoms with Crippen LogP contribution >= 0.6 is 45.8 Å². The highest BCUT2D eigenvalue weighted by molar-refractivity contribution is 14.1. The van der Waals surface area contributed by atoms with Gasteiger partial charge in [0.1, 0.15) is 11.7 Å². The third kappa shape index (κ3) is 7.07. The number of likely N-dealkylation sites (tertiary alicyclic amines) is 1. The van der Waals surface area contributed by atoms with Gasteiger partial charge in [-0.1, -0.05) is 29.3 Å². The second-order valence-electron chi connectivity index (χ2n) is 10.1. The van der Waals surface area contributed by atoms with Crippen molar-refractivity contribution in [1.29, 1.82) is 0 Å². The maximum Gasteiger partial charge on any atom is 0.410 e. The van der Waals surface area contributed by atoms with Gasteiger partial charge in [-0.3, -0.25) is 9.59 Å². The normalized spacial score (nSPS) is 21.6. The number of morpholine rings is 1. The molecule has 198 valence electrons. The Morgan fingerprint density at radius 2 is 1.84 bits per heavy atom. The average molecular weight is 660 g/mol. The summed E-state index contributed by atoms with van der Waals surface area (Å²) in [6, 6.07) is 12.0. The van der Waals surface area contributed by atoms with E-state index in [9.17, 15) is 14.4 Å². The number of benzene rings is 2. The van der Waals surface area contributed by atoms with Crippen molar-refractivity contribution in [2.45, 2.75) is 57.6 Å². The van der Waals surface area contributed by atoms with Gasteiger partial charge < -0.3 is 24.6 Å². The molecule has 0 saturated carbocycles. The van der Waals surface area contributed by atoms with Crippen LogP contribution in [0.3, 0.4) is 0 Å². The zero-order valence-corrected chi connectivity index (χ0v) is 24.3. The number of hydrogen-bond donors (Lipinski definition) is 1. The number of rotatable bonds is 5. The van der Waals surface area contributed by atoms with Crippen molar-refractivity contribution in [3.05, 3.63) is 61.6 Å². The number of amides is 3. The number of hydrogen-bond acceptors (Lipinski definition) is 5. The van der Waals surface area contributed by atoms with Crippen LogP contribution in [0, 0.1) is 3.57 Å².